The van der Waals surface area contributed by atoms with E-state index in [1.165, 1.54) is 0 Å². The SMILES string of the molecule is CC(N(C)C1CCCC(N)(C(N)=O)C1)C(C)(C)C. The highest BCUT2D eigenvalue weighted by atomic mass is 16.1. The molecule has 18 heavy (non-hydrogen) atoms. The molecule has 0 aromatic rings. The Morgan fingerprint density at radius 3 is 2.44 bits per heavy atom. The van der Waals surface area contributed by atoms with E-state index < -0.39 is 5.54 Å². The van der Waals surface area contributed by atoms with Gasteiger partial charge in [0.2, 0.25) is 5.91 Å². The van der Waals surface area contributed by atoms with Gasteiger partial charge in [0, 0.05) is 12.1 Å². The first-order valence-electron chi connectivity index (χ1n) is 6.88. The van der Waals surface area contributed by atoms with E-state index in [4.69, 9.17) is 11.5 Å². The zero-order valence-corrected chi connectivity index (χ0v) is 12.5. The lowest BCUT2D eigenvalue weighted by Crippen LogP contribution is -2.59. The maximum Gasteiger partial charge on any atom is 0.237 e. The normalized spacial score (nSPS) is 31.4. The van der Waals surface area contributed by atoms with Crippen molar-refractivity contribution in [1.82, 2.24) is 4.90 Å². The minimum atomic E-state index is -0.811. The van der Waals surface area contributed by atoms with Crippen molar-refractivity contribution < 1.29 is 4.79 Å². The number of carbonyl (C=O) groups excluding carboxylic acids is 1. The molecule has 0 heterocycles. The van der Waals surface area contributed by atoms with Crippen LogP contribution in [0.25, 0.3) is 0 Å². The van der Waals surface area contributed by atoms with Gasteiger partial charge in [0.15, 0.2) is 0 Å². The summed E-state index contributed by atoms with van der Waals surface area (Å²) in [6, 6.07) is 0.795. The van der Waals surface area contributed by atoms with Crippen LogP contribution in [0.1, 0.15) is 53.4 Å². The molecule has 3 unspecified atom stereocenters. The lowest BCUT2D eigenvalue weighted by Gasteiger charge is -2.45. The summed E-state index contributed by atoms with van der Waals surface area (Å²) in [4.78, 5) is 13.9. The van der Waals surface area contributed by atoms with Crippen LogP contribution in [0.15, 0.2) is 0 Å². The molecule has 0 aliphatic heterocycles. The molecule has 4 N–H and O–H groups in total. The van der Waals surface area contributed by atoms with Gasteiger partial charge in [-0.25, -0.2) is 0 Å². The third kappa shape index (κ3) is 3.23. The van der Waals surface area contributed by atoms with Crippen molar-refractivity contribution in [3.8, 4) is 0 Å². The first kappa shape index (κ1) is 15.4. The fourth-order valence-corrected chi connectivity index (χ4v) is 2.78. The van der Waals surface area contributed by atoms with Crippen LogP contribution in [0.5, 0.6) is 0 Å². The fraction of sp³-hybridized carbons (Fsp3) is 0.929. The summed E-state index contributed by atoms with van der Waals surface area (Å²) in [5.74, 6) is -0.357. The van der Waals surface area contributed by atoms with Crippen molar-refractivity contribution in [3.63, 3.8) is 0 Å². The number of primary amides is 1. The Morgan fingerprint density at radius 1 is 1.44 bits per heavy atom. The van der Waals surface area contributed by atoms with Crippen molar-refractivity contribution in [3.05, 3.63) is 0 Å². The van der Waals surface area contributed by atoms with E-state index in [1.54, 1.807) is 0 Å². The van der Waals surface area contributed by atoms with Gasteiger partial charge in [-0.3, -0.25) is 4.79 Å². The lowest BCUT2D eigenvalue weighted by molar-refractivity contribution is -0.125. The van der Waals surface area contributed by atoms with Gasteiger partial charge in [0.05, 0.1) is 5.54 Å². The fourth-order valence-electron chi connectivity index (χ4n) is 2.78. The molecule has 3 atom stereocenters. The molecule has 1 aliphatic rings. The molecule has 4 nitrogen and oxygen atoms in total. The van der Waals surface area contributed by atoms with Gasteiger partial charge in [-0.05, 0) is 45.1 Å². The van der Waals surface area contributed by atoms with Crippen LogP contribution in [0.3, 0.4) is 0 Å². The zero-order valence-electron chi connectivity index (χ0n) is 12.5. The summed E-state index contributed by atoms with van der Waals surface area (Å²) in [6.45, 7) is 8.94. The Bertz CT molecular complexity index is 311. The first-order valence-corrected chi connectivity index (χ1v) is 6.88. The molecule has 0 radical (unpaired) electrons. The van der Waals surface area contributed by atoms with Crippen LogP contribution < -0.4 is 11.5 Å². The second-order valence-electron chi connectivity index (χ2n) is 6.98. The van der Waals surface area contributed by atoms with Gasteiger partial charge in [0.25, 0.3) is 0 Å². The molecule has 106 valence electrons. The molecule has 0 saturated heterocycles. The third-order valence-corrected chi connectivity index (χ3v) is 4.69. The Labute approximate surface area is 111 Å². The quantitative estimate of drug-likeness (QED) is 0.802. The lowest BCUT2D eigenvalue weighted by atomic mass is 9.77. The van der Waals surface area contributed by atoms with E-state index in [1.807, 2.05) is 0 Å². The number of hydrogen-bond acceptors (Lipinski definition) is 3. The standard InChI is InChI=1S/C14H29N3O/c1-10(13(2,3)4)17(5)11-7-6-8-14(16,9-11)12(15)18/h10-11H,6-9,16H2,1-5H3,(H2,15,18). The van der Waals surface area contributed by atoms with Crippen LogP contribution in [0.2, 0.25) is 0 Å². The molecule has 1 rings (SSSR count). The highest BCUT2D eigenvalue weighted by Crippen LogP contribution is 2.33. The summed E-state index contributed by atoms with van der Waals surface area (Å²) in [7, 11) is 2.13. The van der Waals surface area contributed by atoms with Crippen LogP contribution in [-0.2, 0) is 4.79 Å². The highest BCUT2D eigenvalue weighted by Gasteiger charge is 2.40. The Balaban J connectivity index is 2.76. The first-order chi connectivity index (χ1) is 8.08. The van der Waals surface area contributed by atoms with Crippen molar-refractivity contribution in [2.45, 2.75) is 71.0 Å². The van der Waals surface area contributed by atoms with E-state index in [2.05, 4.69) is 39.6 Å². The molecular formula is C14H29N3O. The van der Waals surface area contributed by atoms with E-state index in [0.717, 1.165) is 19.3 Å². The summed E-state index contributed by atoms with van der Waals surface area (Å²) in [5, 5.41) is 0. The molecule has 1 amide bonds. The minimum absolute atomic E-state index is 0.218. The Hall–Kier alpha value is -0.610. The second kappa shape index (κ2) is 5.17. The van der Waals surface area contributed by atoms with Gasteiger partial charge in [0.1, 0.15) is 0 Å². The molecule has 0 aromatic carbocycles. The maximum atomic E-state index is 11.5. The van der Waals surface area contributed by atoms with Gasteiger partial charge in [-0.15, -0.1) is 0 Å². The largest absolute Gasteiger partial charge is 0.368 e. The number of hydrogen-bond donors (Lipinski definition) is 2. The topological polar surface area (TPSA) is 72.3 Å². The number of amides is 1. The Morgan fingerprint density at radius 2 is 2.00 bits per heavy atom. The van der Waals surface area contributed by atoms with Gasteiger partial charge in [-0.1, -0.05) is 20.8 Å². The summed E-state index contributed by atoms with van der Waals surface area (Å²) in [5.41, 5.74) is 11.0. The van der Waals surface area contributed by atoms with Crippen molar-refractivity contribution in [2.24, 2.45) is 16.9 Å². The van der Waals surface area contributed by atoms with Crippen LogP contribution >= 0.6 is 0 Å². The molecule has 0 spiro atoms. The highest BCUT2D eigenvalue weighted by molar-refractivity contribution is 5.84. The molecule has 1 saturated carbocycles. The zero-order chi connectivity index (χ0) is 14.1. The second-order valence-corrected chi connectivity index (χ2v) is 6.98. The molecular weight excluding hydrogens is 226 g/mol. The molecule has 0 aromatic heterocycles. The molecule has 1 fully saturated rings. The predicted octanol–water partition coefficient (Wildman–Crippen LogP) is 1.48. The van der Waals surface area contributed by atoms with Gasteiger partial charge < -0.3 is 16.4 Å². The molecule has 0 bridgehead atoms. The van der Waals surface area contributed by atoms with E-state index >= 15 is 0 Å². The monoisotopic (exact) mass is 255 g/mol. The number of nitrogens with zero attached hydrogens (tertiary/aromatic N) is 1. The maximum absolute atomic E-state index is 11.5. The number of rotatable bonds is 3. The van der Waals surface area contributed by atoms with Crippen molar-refractivity contribution in [1.29, 1.82) is 0 Å². The molecule has 1 aliphatic carbocycles. The van der Waals surface area contributed by atoms with E-state index in [-0.39, 0.29) is 11.3 Å². The van der Waals surface area contributed by atoms with E-state index in [9.17, 15) is 4.79 Å². The minimum Gasteiger partial charge on any atom is -0.368 e. The third-order valence-electron chi connectivity index (χ3n) is 4.69. The summed E-state index contributed by atoms with van der Waals surface area (Å²) >= 11 is 0. The van der Waals surface area contributed by atoms with Crippen LogP contribution in [0, 0.1) is 5.41 Å². The van der Waals surface area contributed by atoms with Crippen LogP contribution in [0.4, 0.5) is 0 Å². The molecule has 4 heteroatoms. The average molecular weight is 255 g/mol. The summed E-state index contributed by atoms with van der Waals surface area (Å²) < 4.78 is 0. The number of nitrogens with two attached hydrogens (primary N) is 2. The smallest absolute Gasteiger partial charge is 0.237 e. The van der Waals surface area contributed by atoms with Crippen molar-refractivity contribution in [2.75, 3.05) is 7.05 Å². The van der Waals surface area contributed by atoms with Gasteiger partial charge in [-0.2, -0.15) is 0 Å². The van der Waals surface area contributed by atoms with Gasteiger partial charge >= 0.3 is 0 Å². The average Bonchev–Trinajstić information content (AvgIpc) is 2.25. The van der Waals surface area contributed by atoms with Crippen LogP contribution in [-0.4, -0.2) is 35.5 Å². The summed E-state index contributed by atoms with van der Waals surface area (Å²) in [6.07, 6.45) is 3.48. The predicted molar refractivity (Wildman–Crippen MR) is 75.0 cm³/mol. The van der Waals surface area contributed by atoms with Crippen molar-refractivity contribution >= 4 is 5.91 Å². The number of carbonyl (C=O) groups is 1. The Kier molecular flexibility index (Phi) is 4.44. The van der Waals surface area contributed by atoms with E-state index in [0.29, 0.717) is 18.5 Å².